The van der Waals surface area contributed by atoms with Gasteiger partial charge in [0.15, 0.2) is 5.96 Å². The first-order valence-corrected chi connectivity index (χ1v) is 9.25. The Morgan fingerprint density at radius 1 is 1.35 bits per heavy atom. The molecular weight excluding hydrogens is 467 g/mol. The molecule has 1 saturated heterocycles. The molecule has 8 heteroatoms. The zero-order valence-corrected chi connectivity index (χ0v) is 18.3. The van der Waals surface area contributed by atoms with E-state index < -0.39 is 0 Å². The molecule has 0 bridgehead atoms. The number of hydrogen-bond donors (Lipinski definition) is 2. The number of guanidine groups is 1. The van der Waals surface area contributed by atoms with Crippen LogP contribution in [0.1, 0.15) is 26.2 Å². The summed E-state index contributed by atoms with van der Waals surface area (Å²) in [5.41, 5.74) is 0. The normalized spacial score (nSPS) is 14.2. The lowest BCUT2D eigenvalue weighted by Crippen LogP contribution is -2.39. The summed E-state index contributed by atoms with van der Waals surface area (Å²) in [5, 5.41) is 7.06. The van der Waals surface area contributed by atoms with E-state index in [0.29, 0.717) is 36.9 Å². The summed E-state index contributed by atoms with van der Waals surface area (Å²) < 4.78 is 5.65. The molecule has 0 atom stereocenters. The van der Waals surface area contributed by atoms with E-state index >= 15 is 0 Å². The van der Waals surface area contributed by atoms with Crippen molar-refractivity contribution in [2.24, 2.45) is 4.99 Å². The van der Waals surface area contributed by atoms with Crippen molar-refractivity contribution in [2.45, 2.75) is 26.2 Å². The highest BCUT2D eigenvalue weighted by atomic mass is 127. The molecule has 2 rings (SSSR count). The predicted octanol–water partition coefficient (Wildman–Crippen LogP) is 2.90. The van der Waals surface area contributed by atoms with E-state index in [-0.39, 0.29) is 29.9 Å². The Morgan fingerprint density at radius 2 is 2.15 bits per heavy atom. The quantitative estimate of drug-likeness (QED) is 0.240. The molecule has 146 valence electrons. The van der Waals surface area contributed by atoms with Crippen LogP contribution in [0.15, 0.2) is 29.3 Å². The van der Waals surface area contributed by atoms with Crippen LogP contribution in [0.2, 0.25) is 5.02 Å². The van der Waals surface area contributed by atoms with Gasteiger partial charge in [-0.05, 0) is 31.9 Å². The molecule has 1 aliphatic rings. The molecule has 0 radical (unpaired) electrons. The highest BCUT2D eigenvalue weighted by Crippen LogP contribution is 2.22. The van der Waals surface area contributed by atoms with Gasteiger partial charge >= 0.3 is 0 Å². The van der Waals surface area contributed by atoms with E-state index in [2.05, 4.69) is 15.6 Å². The number of likely N-dealkylation sites (tertiary alicyclic amines) is 1. The Morgan fingerprint density at radius 3 is 2.85 bits per heavy atom. The van der Waals surface area contributed by atoms with Gasteiger partial charge in [0.05, 0.1) is 11.6 Å². The lowest BCUT2D eigenvalue weighted by atomic mass is 10.3. The van der Waals surface area contributed by atoms with Crippen molar-refractivity contribution in [3.05, 3.63) is 29.3 Å². The minimum absolute atomic E-state index is 0. The summed E-state index contributed by atoms with van der Waals surface area (Å²) >= 11 is 6.05. The van der Waals surface area contributed by atoms with Gasteiger partial charge in [0.1, 0.15) is 12.4 Å². The number of amides is 1. The Balaban J connectivity index is 0.00000338. The fraction of sp³-hybridized carbons (Fsp3) is 0.556. The highest BCUT2D eigenvalue weighted by molar-refractivity contribution is 14.0. The van der Waals surface area contributed by atoms with Crippen molar-refractivity contribution >= 4 is 47.4 Å². The first-order chi connectivity index (χ1) is 12.2. The number of halogens is 2. The maximum Gasteiger partial charge on any atom is 0.222 e. The van der Waals surface area contributed by atoms with Crippen LogP contribution in [0.3, 0.4) is 0 Å². The molecule has 1 fully saturated rings. The number of carbonyl (C=O) groups is 1. The molecule has 1 amide bonds. The van der Waals surface area contributed by atoms with Crippen LogP contribution in [0.4, 0.5) is 0 Å². The van der Waals surface area contributed by atoms with E-state index in [1.807, 2.05) is 30.0 Å². The molecule has 6 nitrogen and oxygen atoms in total. The second-order valence-electron chi connectivity index (χ2n) is 5.80. The second kappa shape index (κ2) is 13.0. The molecule has 0 spiro atoms. The van der Waals surface area contributed by atoms with Crippen LogP contribution in [0.5, 0.6) is 5.75 Å². The topological polar surface area (TPSA) is 66.0 Å². The number of nitrogens with one attached hydrogen (secondary N) is 2. The summed E-state index contributed by atoms with van der Waals surface area (Å²) in [5.74, 6) is 1.71. The van der Waals surface area contributed by atoms with Crippen LogP contribution in [-0.4, -0.2) is 56.1 Å². The van der Waals surface area contributed by atoms with Crippen molar-refractivity contribution in [1.82, 2.24) is 15.5 Å². The standard InChI is InChI=1S/C18H27ClN4O2.HI/c1-2-20-18(21-10-6-13-23-12-5-9-17(23)24)22-11-14-25-16-8-4-3-7-15(16)19;/h3-4,7-8H,2,5-6,9-14H2,1H3,(H2,20,21,22);1H. The number of para-hydroxylation sites is 1. The summed E-state index contributed by atoms with van der Waals surface area (Å²) in [6, 6.07) is 7.42. The number of aliphatic imine (C=N–C) groups is 1. The van der Waals surface area contributed by atoms with Gasteiger partial charge in [-0.3, -0.25) is 9.79 Å². The number of nitrogens with zero attached hydrogens (tertiary/aromatic N) is 2. The van der Waals surface area contributed by atoms with Crippen LogP contribution in [-0.2, 0) is 4.79 Å². The van der Waals surface area contributed by atoms with Gasteiger partial charge in [0.2, 0.25) is 5.91 Å². The Kier molecular flexibility index (Phi) is 11.4. The molecule has 0 saturated carbocycles. The molecule has 26 heavy (non-hydrogen) atoms. The van der Waals surface area contributed by atoms with E-state index in [0.717, 1.165) is 38.4 Å². The van der Waals surface area contributed by atoms with E-state index in [9.17, 15) is 4.79 Å². The fourth-order valence-corrected chi connectivity index (χ4v) is 2.82. The van der Waals surface area contributed by atoms with E-state index in [1.165, 1.54) is 0 Å². The largest absolute Gasteiger partial charge is 0.490 e. The lowest BCUT2D eigenvalue weighted by Gasteiger charge is -2.15. The molecule has 1 aliphatic heterocycles. The third-order valence-electron chi connectivity index (χ3n) is 3.86. The Bertz CT molecular complexity index is 586. The van der Waals surface area contributed by atoms with Gasteiger partial charge in [-0.2, -0.15) is 0 Å². The van der Waals surface area contributed by atoms with Gasteiger partial charge < -0.3 is 20.3 Å². The lowest BCUT2D eigenvalue weighted by molar-refractivity contribution is -0.127. The maximum atomic E-state index is 11.6. The fourth-order valence-electron chi connectivity index (χ4n) is 2.63. The van der Waals surface area contributed by atoms with Gasteiger partial charge in [-0.15, -0.1) is 24.0 Å². The molecule has 0 unspecified atom stereocenters. The van der Waals surface area contributed by atoms with Crippen molar-refractivity contribution in [3.8, 4) is 5.75 Å². The average molecular weight is 495 g/mol. The second-order valence-corrected chi connectivity index (χ2v) is 6.21. The van der Waals surface area contributed by atoms with Crippen molar-refractivity contribution in [3.63, 3.8) is 0 Å². The van der Waals surface area contributed by atoms with Gasteiger partial charge in [-0.1, -0.05) is 23.7 Å². The van der Waals surface area contributed by atoms with Crippen molar-refractivity contribution in [2.75, 3.05) is 39.3 Å². The number of ether oxygens (including phenoxy) is 1. The van der Waals surface area contributed by atoms with Crippen LogP contribution < -0.4 is 15.4 Å². The zero-order valence-electron chi connectivity index (χ0n) is 15.2. The van der Waals surface area contributed by atoms with Crippen LogP contribution >= 0.6 is 35.6 Å². The minimum Gasteiger partial charge on any atom is -0.490 e. The van der Waals surface area contributed by atoms with E-state index in [1.54, 1.807) is 6.07 Å². The molecular formula is C18H28ClIN4O2. The van der Waals surface area contributed by atoms with Gasteiger partial charge in [0.25, 0.3) is 0 Å². The van der Waals surface area contributed by atoms with E-state index in [4.69, 9.17) is 16.3 Å². The van der Waals surface area contributed by atoms with Crippen molar-refractivity contribution < 1.29 is 9.53 Å². The Hall–Kier alpha value is -1.22. The molecule has 1 aromatic rings. The maximum absolute atomic E-state index is 11.6. The monoisotopic (exact) mass is 494 g/mol. The molecule has 1 aromatic carbocycles. The average Bonchev–Trinajstić information content (AvgIpc) is 3.02. The van der Waals surface area contributed by atoms with Gasteiger partial charge in [0, 0.05) is 32.6 Å². The number of rotatable bonds is 9. The number of carbonyl (C=O) groups excluding carboxylic acids is 1. The molecule has 2 N–H and O–H groups in total. The van der Waals surface area contributed by atoms with Crippen LogP contribution in [0.25, 0.3) is 0 Å². The third-order valence-corrected chi connectivity index (χ3v) is 4.17. The predicted molar refractivity (Wildman–Crippen MR) is 117 cm³/mol. The SMILES string of the molecule is CCNC(=NCCCN1CCCC1=O)NCCOc1ccccc1Cl.I. The zero-order chi connectivity index (χ0) is 17.9. The summed E-state index contributed by atoms with van der Waals surface area (Å²) in [6.45, 7) is 6.31. The van der Waals surface area contributed by atoms with Crippen LogP contribution in [0, 0.1) is 0 Å². The summed E-state index contributed by atoms with van der Waals surface area (Å²) in [4.78, 5) is 18.0. The molecule has 0 aliphatic carbocycles. The van der Waals surface area contributed by atoms with Crippen molar-refractivity contribution in [1.29, 1.82) is 0 Å². The first-order valence-electron chi connectivity index (χ1n) is 8.88. The number of hydrogen-bond acceptors (Lipinski definition) is 3. The third kappa shape index (κ3) is 7.99. The molecule has 1 heterocycles. The molecule has 0 aromatic heterocycles. The number of benzene rings is 1. The Labute approximate surface area is 177 Å². The first kappa shape index (κ1) is 22.8. The summed E-state index contributed by atoms with van der Waals surface area (Å²) in [6.07, 6.45) is 2.55. The smallest absolute Gasteiger partial charge is 0.222 e. The highest BCUT2D eigenvalue weighted by Gasteiger charge is 2.18. The summed E-state index contributed by atoms with van der Waals surface area (Å²) in [7, 11) is 0. The minimum atomic E-state index is 0. The van der Waals surface area contributed by atoms with Gasteiger partial charge in [-0.25, -0.2) is 0 Å².